The Bertz CT molecular complexity index is 1320. The van der Waals surface area contributed by atoms with Crippen LogP contribution in [-0.2, 0) is 16.0 Å². The van der Waals surface area contributed by atoms with E-state index in [-0.39, 0.29) is 30.8 Å². The number of rotatable bonds is 8. The Hall–Kier alpha value is -4.74. The Morgan fingerprint density at radius 3 is 2.47 bits per heavy atom. The summed E-state index contributed by atoms with van der Waals surface area (Å²) in [6.07, 6.45) is 1.59. The van der Waals surface area contributed by atoms with Gasteiger partial charge in [-0.2, -0.15) is 0 Å². The van der Waals surface area contributed by atoms with E-state index in [2.05, 4.69) is 16.0 Å². The van der Waals surface area contributed by atoms with Crippen molar-refractivity contribution in [3.8, 4) is 0 Å². The lowest BCUT2D eigenvalue weighted by Crippen LogP contribution is -2.58. The highest BCUT2D eigenvalue weighted by Crippen LogP contribution is 2.23. The molecule has 1 saturated heterocycles. The number of amides is 5. The van der Waals surface area contributed by atoms with E-state index in [4.69, 9.17) is 10.2 Å². The maximum absolute atomic E-state index is 14.0. The molecule has 3 atom stereocenters. The van der Waals surface area contributed by atoms with E-state index < -0.39 is 53.5 Å². The molecule has 198 valence electrons. The van der Waals surface area contributed by atoms with Crippen molar-refractivity contribution >= 4 is 29.4 Å². The van der Waals surface area contributed by atoms with Gasteiger partial charge in [0.1, 0.15) is 23.7 Å². The second-order valence-electron chi connectivity index (χ2n) is 8.69. The van der Waals surface area contributed by atoms with Crippen molar-refractivity contribution in [2.75, 3.05) is 11.9 Å². The zero-order valence-corrected chi connectivity index (χ0v) is 20.0. The van der Waals surface area contributed by atoms with Crippen molar-refractivity contribution in [3.63, 3.8) is 0 Å². The van der Waals surface area contributed by atoms with Crippen molar-refractivity contribution in [2.45, 2.75) is 31.0 Å². The number of hydrogen-bond donors (Lipinski definition) is 4. The minimum atomic E-state index is -1.24. The number of hydrogen-bond acceptors (Lipinski definition) is 5. The number of carbonyl (C=O) groups excluding carboxylic acids is 4. The summed E-state index contributed by atoms with van der Waals surface area (Å²) in [5.74, 6) is -3.91. The third-order valence-corrected chi connectivity index (χ3v) is 6.10. The molecule has 1 aliphatic heterocycles. The molecule has 2 aromatic carbocycles. The van der Waals surface area contributed by atoms with E-state index >= 15 is 0 Å². The Balaban J connectivity index is 1.53. The number of likely N-dealkylation sites (tertiary alicyclic amines) is 1. The fourth-order valence-electron chi connectivity index (χ4n) is 4.28. The van der Waals surface area contributed by atoms with Crippen LogP contribution in [0.1, 0.15) is 22.5 Å². The average molecular weight is 526 g/mol. The molecule has 12 heteroatoms. The molecule has 1 aromatic heterocycles. The Morgan fingerprint density at radius 2 is 1.82 bits per heavy atom. The summed E-state index contributed by atoms with van der Waals surface area (Å²) in [5, 5.41) is 7.43. The van der Waals surface area contributed by atoms with Gasteiger partial charge in [-0.3, -0.25) is 14.4 Å². The number of halogens is 2. The number of nitrogens with one attached hydrogen (secondary N) is 3. The third-order valence-electron chi connectivity index (χ3n) is 6.10. The number of carbonyl (C=O) groups is 4. The van der Waals surface area contributed by atoms with Gasteiger partial charge in [0, 0.05) is 19.0 Å². The van der Waals surface area contributed by atoms with Crippen LogP contribution < -0.4 is 21.7 Å². The Labute approximate surface area is 216 Å². The van der Waals surface area contributed by atoms with Crippen molar-refractivity contribution in [1.82, 2.24) is 15.5 Å². The normalized spacial score (nSPS) is 17.5. The predicted octanol–water partition coefficient (Wildman–Crippen LogP) is 2.18. The SMILES string of the molecule is NC(=O)[C@@H](Cc1ccccc1)NC(=O)[C@@H]1[C@@H](NC(=O)Nc2ccc(F)cc2F)CCN1C(=O)c1ccco1. The molecule has 3 aromatic rings. The highest BCUT2D eigenvalue weighted by molar-refractivity contribution is 5.98. The van der Waals surface area contributed by atoms with E-state index in [1.54, 1.807) is 30.3 Å². The number of urea groups is 1. The zero-order valence-electron chi connectivity index (χ0n) is 20.0. The van der Waals surface area contributed by atoms with Gasteiger partial charge in [-0.1, -0.05) is 30.3 Å². The van der Waals surface area contributed by atoms with E-state index in [9.17, 15) is 28.0 Å². The molecule has 0 spiro atoms. The minimum Gasteiger partial charge on any atom is -0.459 e. The van der Waals surface area contributed by atoms with Crippen LogP contribution in [0.4, 0.5) is 19.3 Å². The van der Waals surface area contributed by atoms with E-state index in [1.165, 1.54) is 23.3 Å². The van der Waals surface area contributed by atoms with Gasteiger partial charge >= 0.3 is 6.03 Å². The fraction of sp³-hybridized carbons (Fsp3) is 0.231. The van der Waals surface area contributed by atoms with Crippen molar-refractivity contribution in [2.24, 2.45) is 5.73 Å². The molecule has 4 rings (SSSR count). The molecule has 5 amide bonds. The Morgan fingerprint density at radius 1 is 1.05 bits per heavy atom. The average Bonchev–Trinajstić information content (AvgIpc) is 3.56. The monoisotopic (exact) mass is 525 g/mol. The minimum absolute atomic E-state index is 0.0166. The van der Waals surface area contributed by atoms with Crippen molar-refractivity contribution in [1.29, 1.82) is 0 Å². The molecule has 0 radical (unpaired) electrons. The maximum atomic E-state index is 14.0. The summed E-state index contributed by atoms with van der Waals surface area (Å²) in [6, 6.07) is 10.4. The number of anilines is 1. The molecule has 0 unspecified atom stereocenters. The standard InChI is InChI=1S/C26H25F2N5O5/c27-16-8-9-18(17(28)14-16)31-26(37)32-19-10-11-33(25(36)21-7-4-12-38-21)22(19)24(35)30-20(23(29)34)13-15-5-2-1-3-6-15/h1-9,12,14,19-20,22H,10-11,13H2,(H2,29,34)(H,30,35)(H2,31,32,37)/t19-,20+,22-/m0/s1. The summed E-state index contributed by atoms with van der Waals surface area (Å²) in [7, 11) is 0. The summed E-state index contributed by atoms with van der Waals surface area (Å²) in [5.41, 5.74) is 6.01. The van der Waals surface area contributed by atoms with Gasteiger partial charge < -0.3 is 31.0 Å². The summed E-state index contributed by atoms with van der Waals surface area (Å²) < 4.78 is 32.4. The fourth-order valence-corrected chi connectivity index (χ4v) is 4.28. The zero-order chi connectivity index (χ0) is 27.2. The summed E-state index contributed by atoms with van der Waals surface area (Å²) in [4.78, 5) is 52.5. The smallest absolute Gasteiger partial charge is 0.319 e. The first-order chi connectivity index (χ1) is 18.2. The van der Waals surface area contributed by atoms with Gasteiger partial charge in [-0.05, 0) is 36.2 Å². The quantitative estimate of drug-likeness (QED) is 0.356. The molecule has 2 heterocycles. The first-order valence-corrected chi connectivity index (χ1v) is 11.7. The number of nitrogens with two attached hydrogens (primary N) is 1. The molecule has 0 bridgehead atoms. The van der Waals surface area contributed by atoms with E-state index in [1.807, 2.05) is 0 Å². The highest BCUT2D eigenvalue weighted by atomic mass is 19.1. The Kier molecular flexibility index (Phi) is 8.00. The van der Waals surface area contributed by atoms with Crippen LogP contribution >= 0.6 is 0 Å². The van der Waals surface area contributed by atoms with Gasteiger partial charge in [-0.25, -0.2) is 13.6 Å². The lowest BCUT2D eigenvalue weighted by molar-refractivity contribution is -0.130. The van der Waals surface area contributed by atoms with Gasteiger partial charge in [0.05, 0.1) is 18.0 Å². The number of furan rings is 1. The third kappa shape index (κ3) is 6.14. The van der Waals surface area contributed by atoms with Crippen LogP contribution in [0.25, 0.3) is 0 Å². The number of benzene rings is 2. The topological polar surface area (TPSA) is 147 Å². The van der Waals surface area contributed by atoms with Crippen LogP contribution in [0.3, 0.4) is 0 Å². The number of nitrogens with zero attached hydrogens (tertiary/aromatic N) is 1. The second-order valence-corrected chi connectivity index (χ2v) is 8.69. The summed E-state index contributed by atoms with van der Waals surface area (Å²) in [6.45, 7) is 0.0768. The van der Waals surface area contributed by atoms with Crippen LogP contribution in [0.2, 0.25) is 0 Å². The van der Waals surface area contributed by atoms with Crippen LogP contribution in [0.5, 0.6) is 0 Å². The number of primary amides is 1. The predicted molar refractivity (Wildman–Crippen MR) is 132 cm³/mol. The van der Waals surface area contributed by atoms with Crippen molar-refractivity contribution in [3.05, 3.63) is 89.9 Å². The van der Waals surface area contributed by atoms with Gasteiger partial charge in [-0.15, -0.1) is 0 Å². The molecule has 10 nitrogen and oxygen atoms in total. The molecular weight excluding hydrogens is 500 g/mol. The molecule has 0 saturated carbocycles. The summed E-state index contributed by atoms with van der Waals surface area (Å²) >= 11 is 0. The first kappa shape index (κ1) is 26.3. The van der Waals surface area contributed by atoms with Crippen molar-refractivity contribution < 1.29 is 32.4 Å². The van der Waals surface area contributed by atoms with Gasteiger partial charge in [0.2, 0.25) is 11.8 Å². The van der Waals surface area contributed by atoms with E-state index in [0.717, 1.165) is 17.7 Å². The lowest BCUT2D eigenvalue weighted by atomic mass is 10.0. The largest absolute Gasteiger partial charge is 0.459 e. The van der Waals surface area contributed by atoms with Gasteiger partial charge in [0.15, 0.2) is 5.76 Å². The van der Waals surface area contributed by atoms with Crippen LogP contribution in [0, 0.1) is 11.6 Å². The first-order valence-electron chi connectivity index (χ1n) is 11.7. The molecular formula is C26H25F2N5O5. The molecule has 0 aliphatic carbocycles. The second kappa shape index (κ2) is 11.5. The van der Waals surface area contributed by atoms with Gasteiger partial charge in [0.25, 0.3) is 5.91 Å². The van der Waals surface area contributed by atoms with E-state index in [0.29, 0.717) is 6.07 Å². The van der Waals surface area contributed by atoms with Crippen LogP contribution in [0.15, 0.2) is 71.3 Å². The molecule has 1 aliphatic rings. The maximum Gasteiger partial charge on any atom is 0.319 e. The molecule has 38 heavy (non-hydrogen) atoms. The molecule has 1 fully saturated rings. The van der Waals surface area contributed by atoms with Crippen LogP contribution in [-0.4, -0.2) is 53.3 Å². The lowest BCUT2D eigenvalue weighted by Gasteiger charge is -2.28. The highest BCUT2D eigenvalue weighted by Gasteiger charge is 2.44. The molecule has 5 N–H and O–H groups in total.